The monoisotopic (exact) mass is 334 g/mol. The lowest BCUT2D eigenvalue weighted by Gasteiger charge is -2.61. The number of esters is 1. The minimum absolute atomic E-state index is 0.0646. The van der Waals surface area contributed by atoms with E-state index in [0.29, 0.717) is 24.0 Å². The van der Waals surface area contributed by atoms with Gasteiger partial charge in [0.25, 0.3) is 0 Å². The molecule has 5 aliphatic rings. The summed E-state index contributed by atoms with van der Waals surface area (Å²) in [6.45, 7) is 9.20. The van der Waals surface area contributed by atoms with Gasteiger partial charge in [0.05, 0.1) is 24.4 Å². The van der Waals surface area contributed by atoms with Crippen LogP contribution in [0.15, 0.2) is 12.2 Å². The Hall–Kier alpha value is -0.870. The highest BCUT2D eigenvalue weighted by atomic mass is 16.6. The molecule has 3 atom stereocenters. The minimum atomic E-state index is -0.319. The van der Waals surface area contributed by atoms with Gasteiger partial charge in [-0.3, -0.25) is 0 Å². The van der Waals surface area contributed by atoms with Crippen LogP contribution in [0.1, 0.15) is 65.2 Å². The number of ether oxygens (including phenoxy) is 3. The van der Waals surface area contributed by atoms with Crippen LogP contribution in [-0.2, 0) is 19.0 Å². The van der Waals surface area contributed by atoms with Crippen LogP contribution in [0.5, 0.6) is 0 Å². The van der Waals surface area contributed by atoms with Crippen molar-refractivity contribution in [2.45, 2.75) is 82.0 Å². The van der Waals surface area contributed by atoms with E-state index in [1.807, 2.05) is 0 Å². The average Bonchev–Trinajstić information content (AvgIpc) is 2.44. The molecule has 134 valence electrons. The second-order valence-electron chi connectivity index (χ2n) is 8.92. The average molecular weight is 334 g/mol. The van der Waals surface area contributed by atoms with Gasteiger partial charge in [-0.15, -0.1) is 0 Å². The van der Waals surface area contributed by atoms with Crippen molar-refractivity contribution >= 4 is 5.97 Å². The van der Waals surface area contributed by atoms with Gasteiger partial charge in [-0.2, -0.15) is 0 Å². The van der Waals surface area contributed by atoms with Crippen molar-refractivity contribution in [1.82, 2.24) is 0 Å². The maximum Gasteiger partial charge on any atom is 0.333 e. The van der Waals surface area contributed by atoms with E-state index < -0.39 is 0 Å². The predicted molar refractivity (Wildman–Crippen MR) is 90.6 cm³/mol. The van der Waals surface area contributed by atoms with Crippen molar-refractivity contribution < 1.29 is 19.0 Å². The Labute approximate surface area is 144 Å². The van der Waals surface area contributed by atoms with Crippen LogP contribution in [0.4, 0.5) is 0 Å². The second-order valence-corrected chi connectivity index (χ2v) is 8.92. The highest BCUT2D eigenvalue weighted by Gasteiger charge is 2.60. The summed E-state index contributed by atoms with van der Waals surface area (Å²) < 4.78 is 18.4. The van der Waals surface area contributed by atoms with E-state index in [2.05, 4.69) is 13.5 Å². The lowest BCUT2D eigenvalue weighted by atomic mass is 9.52. The Morgan fingerprint density at radius 3 is 2.33 bits per heavy atom. The second kappa shape index (κ2) is 5.57. The fourth-order valence-corrected chi connectivity index (χ4v) is 5.84. The zero-order valence-corrected chi connectivity index (χ0v) is 15.1. The quantitative estimate of drug-likeness (QED) is 0.548. The van der Waals surface area contributed by atoms with Crippen LogP contribution in [0, 0.1) is 11.8 Å². The van der Waals surface area contributed by atoms with Gasteiger partial charge >= 0.3 is 5.97 Å². The largest absolute Gasteiger partial charge is 0.456 e. The molecule has 24 heavy (non-hydrogen) atoms. The highest BCUT2D eigenvalue weighted by Crippen LogP contribution is 2.60. The van der Waals surface area contributed by atoms with Crippen molar-refractivity contribution in [2.24, 2.45) is 11.8 Å². The number of carbonyl (C=O) groups excluding carboxylic acids is 1. The molecule has 0 aromatic rings. The third-order valence-corrected chi connectivity index (χ3v) is 6.86. The SMILES string of the molecule is C=C(C)C(=O)OC12CC3CC(CC(OCC4(CC)CCO4)(C3)C1)C2. The molecule has 5 fully saturated rings. The molecular formula is C20H30O4. The van der Waals surface area contributed by atoms with Crippen LogP contribution in [0.3, 0.4) is 0 Å². The number of hydrogen-bond acceptors (Lipinski definition) is 4. The molecule has 4 bridgehead atoms. The fraction of sp³-hybridized carbons (Fsp3) is 0.850. The van der Waals surface area contributed by atoms with E-state index in [-0.39, 0.29) is 22.8 Å². The molecule has 0 amide bonds. The zero-order valence-electron chi connectivity index (χ0n) is 15.1. The number of rotatable bonds is 6. The van der Waals surface area contributed by atoms with Gasteiger partial charge in [0.1, 0.15) is 5.60 Å². The van der Waals surface area contributed by atoms with E-state index in [4.69, 9.17) is 14.2 Å². The van der Waals surface area contributed by atoms with E-state index >= 15 is 0 Å². The van der Waals surface area contributed by atoms with Gasteiger partial charge in [0, 0.05) is 18.4 Å². The summed E-state index contributed by atoms with van der Waals surface area (Å²) in [5.41, 5.74) is -0.000646. The minimum Gasteiger partial charge on any atom is -0.456 e. The van der Waals surface area contributed by atoms with Crippen LogP contribution < -0.4 is 0 Å². The van der Waals surface area contributed by atoms with Crippen LogP contribution >= 0.6 is 0 Å². The molecular weight excluding hydrogens is 304 g/mol. The Morgan fingerprint density at radius 1 is 1.21 bits per heavy atom. The first-order valence-corrected chi connectivity index (χ1v) is 9.54. The lowest BCUT2D eigenvalue weighted by molar-refractivity contribution is -0.262. The molecule has 0 aromatic carbocycles. The van der Waals surface area contributed by atoms with Gasteiger partial charge in [-0.25, -0.2) is 4.79 Å². The Kier molecular flexibility index (Phi) is 3.85. The van der Waals surface area contributed by atoms with Crippen molar-refractivity contribution in [3.8, 4) is 0 Å². The van der Waals surface area contributed by atoms with Gasteiger partial charge in [0.2, 0.25) is 0 Å². The molecule has 1 aliphatic heterocycles. The molecule has 1 heterocycles. The van der Waals surface area contributed by atoms with Gasteiger partial charge < -0.3 is 14.2 Å². The van der Waals surface area contributed by atoms with E-state index in [1.165, 1.54) is 6.42 Å². The van der Waals surface area contributed by atoms with Crippen molar-refractivity contribution in [3.05, 3.63) is 12.2 Å². The van der Waals surface area contributed by atoms with E-state index in [9.17, 15) is 4.79 Å². The first-order chi connectivity index (χ1) is 11.4. The maximum atomic E-state index is 12.2. The van der Waals surface area contributed by atoms with Crippen LogP contribution in [-0.4, -0.2) is 36.0 Å². The smallest absolute Gasteiger partial charge is 0.333 e. The fourth-order valence-electron chi connectivity index (χ4n) is 5.84. The van der Waals surface area contributed by atoms with Gasteiger partial charge in [-0.05, 0) is 57.3 Å². The Bertz CT molecular complexity index is 528. The molecule has 3 unspecified atom stereocenters. The molecule has 0 radical (unpaired) electrons. The number of carbonyl (C=O) groups is 1. The first kappa shape index (κ1) is 16.6. The standard InChI is InChI=1S/C20H30O4/c1-4-18(5-6-22-18)13-23-19-8-15-7-16(9-19)11-20(10-15,12-19)24-17(21)14(2)3/h15-16H,2,4-13H2,1,3H3. The number of hydrogen-bond donors (Lipinski definition) is 0. The van der Waals surface area contributed by atoms with Gasteiger partial charge in [-0.1, -0.05) is 13.5 Å². The normalized spacial score (nSPS) is 45.8. The molecule has 0 spiro atoms. The van der Waals surface area contributed by atoms with Crippen molar-refractivity contribution in [2.75, 3.05) is 13.2 Å². The molecule has 0 N–H and O–H groups in total. The summed E-state index contributed by atoms with van der Waals surface area (Å²) in [6.07, 6.45) is 8.48. The van der Waals surface area contributed by atoms with E-state index in [0.717, 1.165) is 51.6 Å². The Balaban J connectivity index is 1.50. The molecule has 4 saturated carbocycles. The molecule has 1 saturated heterocycles. The molecule has 4 heteroatoms. The zero-order chi connectivity index (χ0) is 17.0. The molecule has 4 aliphatic carbocycles. The third kappa shape index (κ3) is 2.72. The Morgan fingerprint density at radius 2 is 1.83 bits per heavy atom. The molecule has 4 nitrogen and oxygen atoms in total. The first-order valence-electron chi connectivity index (χ1n) is 9.54. The summed E-state index contributed by atoms with van der Waals surface area (Å²) >= 11 is 0. The molecule has 5 rings (SSSR count). The van der Waals surface area contributed by atoms with Crippen LogP contribution in [0.25, 0.3) is 0 Å². The van der Waals surface area contributed by atoms with Crippen molar-refractivity contribution in [1.29, 1.82) is 0 Å². The highest BCUT2D eigenvalue weighted by molar-refractivity contribution is 5.87. The topological polar surface area (TPSA) is 44.8 Å². The van der Waals surface area contributed by atoms with Crippen molar-refractivity contribution in [3.63, 3.8) is 0 Å². The summed E-state index contributed by atoms with van der Waals surface area (Å²) in [4.78, 5) is 12.2. The van der Waals surface area contributed by atoms with E-state index in [1.54, 1.807) is 6.92 Å². The van der Waals surface area contributed by atoms with Gasteiger partial charge in [0.15, 0.2) is 0 Å². The summed E-state index contributed by atoms with van der Waals surface area (Å²) in [7, 11) is 0. The lowest BCUT2D eigenvalue weighted by Crippen LogP contribution is -2.62. The summed E-state index contributed by atoms with van der Waals surface area (Å²) in [6, 6.07) is 0. The summed E-state index contributed by atoms with van der Waals surface area (Å²) in [5.74, 6) is 1.02. The maximum absolute atomic E-state index is 12.2. The predicted octanol–water partition coefficient (Wildman–Crippen LogP) is 3.78. The van der Waals surface area contributed by atoms with Crippen LogP contribution in [0.2, 0.25) is 0 Å². The molecule has 0 aromatic heterocycles. The third-order valence-electron chi connectivity index (χ3n) is 6.86. The summed E-state index contributed by atoms with van der Waals surface area (Å²) in [5, 5.41) is 0.